The second kappa shape index (κ2) is 10.7. The number of hydrogen-bond donors (Lipinski definition) is 0. The summed E-state index contributed by atoms with van der Waals surface area (Å²) in [6, 6.07) is 6.14. The third-order valence-electron chi connectivity index (χ3n) is 3.94. The van der Waals surface area contributed by atoms with E-state index in [0.29, 0.717) is 0 Å². The Bertz CT molecular complexity index is 980. The number of esters is 2. The van der Waals surface area contributed by atoms with Gasteiger partial charge in [-0.3, -0.25) is 0 Å². The average molecular weight is 525 g/mol. The van der Waals surface area contributed by atoms with E-state index in [0.717, 1.165) is 12.1 Å². The number of unbranched alkanes of at least 4 members (excludes halogenated alkanes) is 1. The molecule has 8 nitrogen and oxygen atoms in total. The van der Waals surface area contributed by atoms with Crippen LogP contribution in [0.15, 0.2) is 43.0 Å². The van der Waals surface area contributed by atoms with Gasteiger partial charge < -0.3 is 18.8 Å². The van der Waals surface area contributed by atoms with Gasteiger partial charge in [0.1, 0.15) is 5.75 Å². The minimum atomic E-state index is -6.74. The van der Waals surface area contributed by atoms with Gasteiger partial charge in [0.2, 0.25) is 0 Å². The van der Waals surface area contributed by atoms with Crippen molar-refractivity contribution >= 4 is 22.1 Å². The zero-order chi connectivity index (χ0) is 26.4. The van der Waals surface area contributed by atoms with Gasteiger partial charge in [0.15, 0.2) is 10.1 Å². The maximum absolute atomic E-state index is 13.8. The molecule has 0 saturated heterocycles. The van der Waals surface area contributed by atoms with Gasteiger partial charge >= 0.3 is 35.1 Å². The van der Waals surface area contributed by atoms with Gasteiger partial charge in [-0.25, -0.2) is 18.0 Å². The number of para-hydroxylation sites is 1. The first-order valence-electron chi connectivity index (χ1n) is 8.96. The SMILES string of the molecule is C=CC(=O)OC(OCCCCC(F)(F)C(F)(F)S(=O)(=O)[O-])(C(=O)Oc1ccccc1)C(F)(F)F. The topological polar surface area (TPSA) is 119 Å². The van der Waals surface area contributed by atoms with Crippen molar-refractivity contribution < 1.29 is 67.5 Å². The van der Waals surface area contributed by atoms with Crippen molar-refractivity contribution in [2.45, 2.75) is 42.4 Å². The van der Waals surface area contributed by atoms with Crippen molar-refractivity contribution in [1.82, 2.24) is 0 Å². The molecular formula is C18H16F7O8S-. The van der Waals surface area contributed by atoms with Gasteiger partial charge in [0, 0.05) is 12.5 Å². The minimum absolute atomic E-state index is 0.256. The number of carbonyl (C=O) groups excluding carboxylic acids is 2. The van der Waals surface area contributed by atoms with Crippen molar-refractivity contribution in [3.8, 4) is 5.75 Å². The zero-order valence-corrected chi connectivity index (χ0v) is 17.6. The Morgan fingerprint density at radius 1 is 1.00 bits per heavy atom. The number of benzene rings is 1. The van der Waals surface area contributed by atoms with E-state index in [1.807, 2.05) is 0 Å². The highest BCUT2D eigenvalue weighted by molar-refractivity contribution is 7.86. The third kappa shape index (κ3) is 6.66. The van der Waals surface area contributed by atoms with Gasteiger partial charge in [-0.05, 0) is 25.0 Å². The molecule has 16 heteroatoms. The largest absolute Gasteiger partial charge is 0.743 e. The van der Waals surface area contributed by atoms with Crippen LogP contribution < -0.4 is 4.74 Å². The quantitative estimate of drug-likeness (QED) is 0.0774. The van der Waals surface area contributed by atoms with E-state index in [9.17, 15) is 53.3 Å². The van der Waals surface area contributed by atoms with Gasteiger partial charge in [-0.1, -0.05) is 24.8 Å². The van der Waals surface area contributed by atoms with E-state index in [4.69, 9.17) is 0 Å². The van der Waals surface area contributed by atoms with Crippen LogP contribution in [-0.4, -0.2) is 54.7 Å². The molecule has 0 bridgehead atoms. The second-order valence-corrected chi connectivity index (χ2v) is 7.84. The van der Waals surface area contributed by atoms with Crippen LogP contribution in [0.2, 0.25) is 0 Å². The smallest absolute Gasteiger partial charge is 0.468 e. The van der Waals surface area contributed by atoms with E-state index in [1.165, 1.54) is 18.2 Å². The Kier molecular flexibility index (Phi) is 9.22. The number of ether oxygens (including phenoxy) is 3. The fourth-order valence-electron chi connectivity index (χ4n) is 2.22. The molecule has 0 radical (unpaired) electrons. The summed E-state index contributed by atoms with van der Waals surface area (Å²) in [5, 5.41) is -5.98. The molecule has 0 aliphatic carbocycles. The van der Waals surface area contributed by atoms with Crippen LogP contribution in [0.3, 0.4) is 0 Å². The second-order valence-electron chi connectivity index (χ2n) is 6.42. The predicted molar refractivity (Wildman–Crippen MR) is 96.5 cm³/mol. The first kappa shape index (κ1) is 29.3. The molecule has 1 rings (SSSR count). The molecule has 0 saturated carbocycles. The molecule has 0 aliphatic rings. The summed E-state index contributed by atoms with van der Waals surface area (Å²) < 4.78 is 138. The van der Waals surface area contributed by atoms with Crippen LogP contribution in [0, 0.1) is 0 Å². The molecule has 0 amide bonds. The Morgan fingerprint density at radius 3 is 2.03 bits per heavy atom. The molecule has 0 heterocycles. The molecule has 1 atom stereocenters. The van der Waals surface area contributed by atoms with Crippen LogP contribution in [0.25, 0.3) is 0 Å². The zero-order valence-electron chi connectivity index (χ0n) is 16.8. The lowest BCUT2D eigenvalue weighted by molar-refractivity contribution is -0.352. The Hall–Kier alpha value is -2.72. The Balaban J connectivity index is 3.03. The summed E-state index contributed by atoms with van der Waals surface area (Å²) in [7, 11) is -6.74. The highest BCUT2D eigenvalue weighted by Gasteiger charge is 2.68. The number of alkyl halides is 7. The Labute approximate surface area is 188 Å². The maximum atomic E-state index is 13.8. The molecule has 0 N–H and O–H groups in total. The number of hydrogen-bond acceptors (Lipinski definition) is 8. The van der Waals surface area contributed by atoms with E-state index in [2.05, 4.69) is 20.8 Å². The van der Waals surface area contributed by atoms with Gasteiger partial charge in [-0.2, -0.15) is 30.7 Å². The molecule has 1 unspecified atom stereocenters. The van der Waals surface area contributed by atoms with Crippen LogP contribution in [0.4, 0.5) is 30.7 Å². The molecule has 0 fully saturated rings. The molecule has 0 spiro atoms. The van der Waals surface area contributed by atoms with Crippen LogP contribution in [0.5, 0.6) is 5.75 Å². The molecule has 192 valence electrons. The molecule has 1 aromatic rings. The van der Waals surface area contributed by atoms with E-state index in [1.54, 1.807) is 0 Å². The lowest BCUT2D eigenvalue weighted by atomic mass is 10.1. The first-order valence-corrected chi connectivity index (χ1v) is 10.4. The lowest BCUT2D eigenvalue weighted by Gasteiger charge is -2.32. The monoisotopic (exact) mass is 525 g/mol. The summed E-state index contributed by atoms with van der Waals surface area (Å²) in [6.45, 7) is 1.59. The summed E-state index contributed by atoms with van der Waals surface area (Å²) in [4.78, 5) is 23.8. The van der Waals surface area contributed by atoms with Gasteiger partial charge in [-0.15, -0.1) is 0 Å². The fraction of sp³-hybridized carbons (Fsp3) is 0.444. The normalized spacial score (nSPS) is 14.7. The number of rotatable bonds is 12. The predicted octanol–water partition coefficient (Wildman–Crippen LogP) is 3.54. The van der Waals surface area contributed by atoms with Crippen molar-refractivity contribution in [3.63, 3.8) is 0 Å². The summed E-state index contributed by atoms with van der Waals surface area (Å²) in [5.74, 6) is -14.2. The van der Waals surface area contributed by atoms with Crippen LogP contribution in [0.1, 0.15) is 19.3 Å². The average Bonchev–Trinajstić information content (AvgIpc) is 2.71. The number of carbonyl (C=O) groups is 2. The summed E-state index contributed by atoms with van der Waals surface area (Å²) in [5.41, 5.74) is 0. The molecule has 1 aromatic carbocycles. The van der Waals surface area contributed by atoms with E-state index >= 15 is 0 Å². The summed E-state index contributed by atoms with van der Waals surface area (Å²) in [6.07, 6.45) is -9.44. The van der Waals surface area contributed by atoms with Crippen LogP contribution in [-0.2, 0) is 29.2 Å². The minimum Gasteiger partial charge on any atom is -0.743 e. The standard InChI is InChI=1S/C18H17F7O8S/c1-2-13(26)33-16(17(21,22)23,14(27)32-12-8-4-3-5-9-12)31-11-7-6-10-15(19,20)18(24,25)34(28,29)30/h2-5,8-9H,1,6-7,10-11H2,(H,28,29,30)/p-1. The van der Waals surface area contributed by atoms with Crippen molar-refractivity contribution in [1.29, 1.82) is 0 Å². The lowest BCUT2D eigenvalue weighted by Crippen LogP contribution is -2.59. The Morgan fingerprint density at radius 2 is 1.56 bits per heavy atom. The van der Waals surface area contributed by atoms with Crippen molar-refractivity contribution in [2.24, 2.45) is 0 Å². The van der Waals surface area contributed by atoms with Crippen molar-refractivity contribution in [3.05, 3.63) is 43.0 Å². The molecule has 0 aliphatic heterocycles. The highest BCUT2D eigenvalue weighted by atomic mass is 32.2. The van der Waals surface area contributed by atoms with Crippen molar-refractivity contribution in [2.75, 3.05) is 6.61 Å². The number of halogens is 7. The van der Waals surface area contributed by atoms with E-state index in [-0.39, 0.29) is 6.08 Å². The van der Waals surface area contributed by atoms with Gasteiger partial charge in [0.25, 0.3) is 0 Å². The molecule has 34 heavy (non-hydrogen) atoms. The third-order valence-corrected chi connectivity index (χ3v) is 4.86. The van der Waals surface area contributed by atoms with Crippen LogP contribution >= 0.6 is 0 Å². The van der Waals surface area contributed by atoms with Gasteiger partial charge in [0.05, 0.1) is 6.61 Å². The highest BCUT2D eigenvalue weighted by Crippen LogP contribution is 2.42. The summed E-state index contributed by atoms with van der Waals surface area (Å²) >= 11 is 0. The van der Waals surface area contributed by atoms with E-state index < -0.39 is 76.8 Å². The first-order chi connectivity index (χ1) is 15.4. The molecule has 0 aromatic heterocycles. The molecular weight excluding hydrogens is 509 g/mol. The maximum Gasteiger partial charge on any atom is 0.468 e. The fourth-order valence-corrected chi connectivity index (χ4v) is 2.69.